The van der Waals surface area contributed by atoms with Crippen LogP contribution in [0.3, 0.4) is 0 Å². The van der Waals surface area contributed by atoms with E-state index in [4.69, 9.17) is 9.47 Å². The topological polar surface area (TPSA) is 72.8 Å². The van der Waals surface area contributed by atoms with Crippen LogP contribution in [-0.2, 0) is 19.1 Å². The highest BCUT2D eigenvalue weighted by Gasteiger charge is 2.16. The first-order valence-corrected chi connectivity index (χ1v) is 37.6. The molecule has 5 nitrogen and oxygen atoms in total. The molecule has 0 aromatic rings. The van der Waals surface area contributed by atoms with Gasteiger partial charge in [0.1, 0.15) is 6.61 Å². The average molecular weight is 1290 g/mol. The number of hydrogen-bond donors (Lipinski definition) is 1. The van der Waals surface area contributed by atoms with Crippen molar-refractivity contribution in [3.8, 4) is 0 Å². The molecule has 1 atom stereocenters. The number of allylic oxidation sites excluding steroid dienone is 40. The minimum absolute atomic E-state index is 0.0863. The van der Waals surface area contributed by atoms with Crippen molar-refractivity contribution in [1.82, 2.24) is 0 Å². The summed E-state index contributed by atoms with van der Waals surface area (Å²) in [4.78, 5) is 24.7. The van der Waals surface area contributed by atoms with Gasteiger partial charge in [0.15, 0.2) is 6.10 Å². The quantitative estimate of drug-likeness (QED) is 0.0373. The third kappa shape index (κ3) is 78.1. The summed E-state index contributed by atoms with van der Waals surface area (Å²) in [5.74, 6) is -0.620. The predicted molar refractivity (Wildman–Crippen MR) is 416 cm³/mol. The Morgan fingerprint density at radius 3 is 0.638 bits per heavy atom. The zero-order valence-corrected chi connectivity index (χ0v) is 59.9. The minimum atomic E-state index is -0.799. The van der Waals surface area contributed by atoms with Crippen LogP contribution in [0.5, 0.6) is 0 Å². The van der Waals surface area contributed by atoms with Gasteiger partial charge in [0.05, 0.1) is 6.61 Å². The van der Waals surface area contributed by atoms with Gasteiger partial charge in [-0.05, 0) is 167 Å². The van der Waals surface area contributed by atoms with E-state index in [0.717, 1.165) is 173 Å². The highest BCUT2D eigenvalue weighted by Crippen LogP contribution is 2.15. The van der Waals surface area contributed by atoms with Crippen molar-refractivity contribution in [3.63, 3.8) is 0 Å². The Morgan fingerprint density at radius 2 is 0.426 bits per heavy atom. The van der Waals surface area contributed by atoms with Crippen LogP contribution in [0, 0.1) is 0 Å². The molecule has 1 N–H and O–H groups in total. The number of hydrogen-bond acceptors (Lipinski definition) is 5. The van der Waals surface area contributed by atoms with Crippen LogP contribution in [0.4, 0.5) is 0 Å². The van der Waals surface area contributed by atoms with Gasteiger partial charge in [-0.2, -0.15) is 0 Å². The largest absolute Gasteiger partial charge is 0.462 e. The zero-order chi connectivity index (χ0) is 67.5. The Kier molecular flexibility index (Phi) is 75.5. The van der Waals surface area contributed by atoms with E-state index < -0.39 is 6.10 Å². The third-order valence-electron chi connectivity index (χ3n) is 15.1. The lowest BCUT2D eigenvalue weighted by atomic mass is 10.0. The number of unbranched alkanes of at least 4 members (excludes halogenated alkanes) is 18. The second-order valence-corrected chi connectivity index (χ2v) is 23.9. The number of aliphatic hydroxyl groups excluding tert-OH is 1. The molecule has 0 saturated heterocycles. The maximum Gasteiger partial charge on any atom is 0.306 e. The van der Waals surface area contributed by atoms with Crippen LogP contribution < -0.4 is 0 Å². The van der Waals surface area contributed by atoms with Gasteiger partial charge in [0, 0.05) is 12.8 Å². The Balaban J connectivity index is 3.62. The Labute approximate surface area is 578 Å². The molecule has 0 spiro atoms. The molecule has 94 heavy (non-hydrogen) atoms. The molecule has 522 valence electrons. The van der Waals surface area contributed by atoms with Crippen molar-refractivity contribution >= 4 is 11.9 Å². The van der Waals surface area contributed by atoms with Gasteiger partial charge in [0.25, 0.3) is 0 Å². The standard InChI is InChI=1S/C89H136O5/c1-3-5-7-9-11-13-15-17-19-21-23-25-27-29-31-33-35-37-39-41-43-44-46-48-50-52-54-56-58-60-62-64-66-68-70-72-74-76-78-80-82-84-89(92)94-87(85-90)86-93-88(91)83-81-79-77-75-73-71-69-67-65-63-61-59-57-55-53-51-49-47-45-42-40-38-36-34-32-30-28-26-24-22-20-18-16-14-12-10-8-6-4-2/h5-8,11-14,17-20,23-26,29-32,35-38,41-43,45-46,48-49,51-52,54-55,57-58,60,64,66,87,90H,3-4,9-10,15-16,21-22,27-28,33-34,39-40,44,47,50,53,56,59,61-63,65,67-86H2,1-2H3/b7-5-,8-6-,13-11-,14-12-,19-17-,20-18-,25-23-,26-24-,31-29-,32-30-,37-35-,38-36-,43-41-,45-42-,48-46-,51-49-,54-52-,57-55-,60-58-,66-64-. The van der Waals surface area contributed by atoms with Crippen molar-refractivity contribution in [2.24, 2.45) is 0 Å². The van der Waals surface area contributed by atoms with Crippen LogP contribution in [-0.4, -0.2) is 36.4 Å². The van der Waals surface area contributed by atoms with Crippen molar-refractivity contribution < 1.29 is 24.2 Å². The number of rotatable bonds is 66. The highest BCUT2D eigenvalue weighted by molar-refractivity contribution is 5.70. The van der Waals surface area contributed by atoms with Crippen molar-refractivity contribution in [1.29, 1.82) is 0 Å². The smallest absolute Gasteiger partial charge is 0.306 e. The Morgan fingerprint density at radius 1 is 0.245 bits per heavy atom. The lowest BCUT2D eigenvalue weighted by molar-refractivity contribution is -0.161. The predicted octanol–water partition coefficient (Wildman–Crippen LogP) is 27.0. The van der Waals surface area contributed by atoms with Crippen LogP contribution in [0.25, 0.3) is 0 Å². The van der Waals surface area contributed by atoms with E-state index >= 15 is 0 Å². The lowest BCUT2D eigenvalue weighted by Gasteiger charge is -2.15. The van der Waals surface area contributed by atoms with Crippen LogP contribution in [0.1, 0.15) is 284 Å². The van der Waals surface area contributed by atoms with Crippen LogP contribution in [0.15, 0.2) is 243 Å². The Bertz CT molecular complexity index is 2300. The summed E-state index contributed by atoms with van der Waals surface area (Å²) in [5.41, 5.74) is 0. The summed E-state index contributed by atoms with van der Waals surface area (Å²) in [7, 11) is 0. The summed E-state index contributed by atoms with van der Waals surface area (Å²) in [5, 5.41) is 9.72. The lowest BCUT2D eigenvalue weighted by Crippen LogP contribution is -2.28. The molecule has 0 aliphatic rings. The average Bonchev–Trinajstić information content (AvgIpc) is 3.77. The number of aliphatic hydroxyl groups is 1. The first-order valence-electron chi connectivity index (χ1n) is 37.6. The maximum absolute atomic E-state index is 12.4. The van der Waals surface area contributed by atoms with E-state index in [1.54, 1.807) is 0 Å². The fraction of sp³-hybridized carbons (Fsp3) is 0.528. The molecule has 0 rings (SSSR count). The molecule has 0 aliphatic heterocycles. The first kappa shape index (κ1) is 87.7. The summed E-state index contributed by atoms with van der Waals surface area (Å²) < 4.78 is 10.8. The highest BCUT2D eigenvalue weighted by atomic mass is 16.6. The molecule has 0 bridgehead atoms. The molecular weight excluding hydrogens is 1150 g/mol. The SMILES string of the molecule is CC/C=C\C/C=C\C/C=C\C/C=C\C/C=C\C/C=C\C/C=C\C/C=C\C/C=C\C/C=C\C/C=C\CCCCCCCCCC(=O)OC(CO)COC(=O)CCCCCCCCCCCCC/C=C\C/C=C\C/C=C\C/C=C\C/C=C\C/C=C\C/C=C\C/C=C\C/C=C\CC. The summed E-state index contributed by atoms with van der Waals surface area (Å²) >= 11 is 0. The molecule has 0 aliphatic carbocycles. The van der Waals surface area contributed by atoms with Gasteiger partial charge >= 0.3 is 11.9 Å². The second-order valence-electron chi connectivity index (χ2n) is 23.9. The van der Waals surface area contributed by atoms with Gasteiger partial charge in [-0.3, -0.25) is 9.59 Å². The molecular formula is C89H136O5. The van der Waals surface area contributed by atoms with E-state index in [-0.39, 0.29) is 25.2 Å². The number of ether oxygens (including phenoxy) is 2. The van der Waals surface area contributed by atoms with E-state index in [1.807, 2.05) is 0 Å². The molecule has 0 radical (unpaired) electrons. The summed E-state index contributed by atoms with van der Waals surface area (Å²) in [6.07, 6.45) is 133. The van der Waals surface area contributed by atoms with E-state index in [2.05, 4.69) is 257 Å². The maximum atomic E-state index is 12.4. The van der Waals surface area contributed by atoms with Gasteiger partial charge in [0.2, 0.25) is 0 Å². The van der Waals surface area contributed by atoms with Crippen molar-refractivity contribution in [3.05, 3.63) is 243 Å². The Hall–Kier alpha value is -6.30. The van der Waals surface area contributed by atoms with Gasteiger partial charge in [-0.1, -0.05) is 347 Å². The monoisotopic (exact) mass is 1290 g/mol. The van der Waals surface area contributed by atoms with E-state index in [0.29, 0.717) is 12.8 Å². The van der Waals surface area contributed by atoms with Gasteiger partial charge in [-0.15, -0.1) is 0 Å². The molecule has 0 saturated carbocycles. The van der Waals surface area contributed by atoms with E-state index in [1.165, 1.54) is 83.5 Å². The van der Waals surface area contributed by atoms with Crippen LogP contribution >= 0.6 is 0 Å². The van der Waals surface area contributed by atoms with Crippen LogP contribution in [0.2, 0.25) is 0 Å². The van der Waals surface area contributed by atoms with E-state index in [9.17, 15) is 14.7 Å². The first-order chi connectivity index (χ1) is 46.6. The number of esters is 2. The molecule has 0 aromatic carbocycles. The van der Waals surface area contributed by atoms with Crippen molar-refractivity contribution in [2.45, 2.75) is 290 Å². The minimum Gasteiger partial charge on any atom is -0.462 e. The third-order valence-corrected chi connectivity index (χ3v) is 15.1. The summed E-state index contributed by atoms with van der Waals surface area (Å²) in [6, 6.07) is 0. The fourth-order valence-electron chi connectivity index (χ4n) is 9.61. The zero-order valence-electron chi connectivity index (χ0n) is 59.9. The summed E-state index contributed by atoms with van der Waals surface area (Å²) in [6.45, 7) is 3.89. The molecule has 0 fully saturated rings. The molecule has 0 aromatic heterocycles. The van der Waals surface area contributed by atoms with Gasteiger partial charge < -0.3 is 14.6 Å². The number of carbonyl (C=O) groups excluding carboxylic acids is 2. The second kappa shape index (κ2) is 80.9. The fourth-order valence-corrected chi connectivity index (χ4v) is 9.61. The van der Waals surface area contributed by atoms with Crippen molar-refractivity contribution in [2.75, 3.05) is 13.2 Å². The molecule has 0 heterocycles. The van der Waals surface area contributed by atoms with Gasteiger partial charge in [-0.25, -0.2) is 0 Å². The molecule has 0 amide bonds. The normalized spacial score (nSPS) is 13.7. The number of carbonyl (C=O) groups is 2. The molecule has 1 unspecified atom stereocenters. The molecule has 5 heteroatoms.